The van der Waals surface area contributed by atoms with E-state index in [1.165, 1.54) is 6.20 Å². The van der Waals surface area contributed by atoms with Crippen molar-refractivity contribution in [2.75, 3.05) is 17.2 Å². The first-order valence-electron chi connectivity index (χ1n) is 7.80. The Morgan fingerprint density at radius 3 is 2.56 bits per heavy atom. The second kappa shape index (κ2) is 7.87. The summed E-state index contributed by atoms with van der Waals surface area (Å²) in [6, 6.07) is 14.4. The van der Waals surface area contributed by atoms with Crippen molar-refractivity contribution in [3.8, 4) is 5.75 Å². The zero-order valence-electron chi connectivity index (χ0n) is 13.6. The van der Waals surface area contributed by atoms with Crippen LogP contribution in [0.4, 0.5) is 17.3 Å². The topological polar surface area (TPSA) is 89.0 Å². The predicted molar refractivity (Wildman–Crippen MR) is 95.1 cm³/mol. The van der Waals surface area contributed by atoms with Crippen molar-refractivity contribution in [1.82, 2.24) is 15.2 Å². The molecular formula is C18H17N5O2. The van der Waals surface area contributed by atoms with Crippen molar-refractivity contribution < 1.29 is 9.53 Å². The van der Waals surface area contributed by atoms with Gasteiger partial charge in [0.15, 0.2) is 11.6 Å². The van der Waals surface area contributed by atoms with Crippen molar-refractivity contribution in [3.63, 3.8) is 0 Å². The van der Waals surface area contributed by atoms with Gasteiger partial charge in [-0.25, -0.2) is 0 Å². The van der Waals surface area contributed by atoms with Crippen molar-refractivity contribution in [1.29, 1.82) is 0 Å². The van der Waals surface area contributed by atoms with Gasteiger partial charge in [-0.2, -0.15) is 0 Å². The minimum Gasteiger partial charge on any atom is -0.492 e. The molecule has 2 heterocycles. The van der Waals surface area contributed by atoms with Crippen LogP contribution in [0.5, 0.6) is 5.75 Å². The number of para-hydroxylation sites is 2. The highest BCUT2D eigenvalue weighted by atomic mass is 16.5. The maximum Gasteiger partial charge on any atom is 0.258 e. The van der Waals surface area contributed by atoms with Crippen LogP contribution in [0.1, 0.15) is 17.3 Å². The van der Waals surface area contributed by atoms with Gasteiger partial charge >= 0.3 is 0 Å². The smallest absolute Gasteiger partial charge is 0.258 e. The van der Waals surface area contributed by atoms with E-state index >= 15 is 0 Å². The summed E-state index contributed by atoms with van der Waals surface area (Å²) in [5.41, 5.74) is 1.25. The highest BCUT2D eigenvalue weighted by Crippen LogP contribution is 2.26. The van der Waals surface area contributed by atoms with Gasteiger partial charge in [0.25, 0.3) is 5.91 Å². The number of nitrogens with one attached hydrogen (secondary N) is 2. The number of hydrogen-bond acceptors (Lipinski definition) is 6. The van der Waals surface area contributed by atoms with Gasteiger partial charge in [0.1, 0.15) is 5.75 Å². The van der Waals surface area contributed by atoms with Crippen LogP contribution >= 0.6 is 0 Å². The van der Waals surface area contributed by atoms with E-state index in [1.54, 1.807) is 30.5 Å². The molecule has 3 rings (SSSR count). The maximum atomic E-state index is 12.1. The minimum atomic E-state index is -0.287. The van der Waals surface area contributed by atoms with Crippen LogP contribution in [-0.2, 0) is 0 Å². The summed E-state index contributed by atoms with van der Waals surface area (Å²) >= 11 is 0. The van der Waals surface area contributed by atoms with Crippen molar-refractivity contribution in [2.45, 2.75) is 6.92 Å². The van der Waals surface area contributed by atoms with Gasteiger partial charge in [-0.3, -0.25) is 9.78 Å². The fourth-order valence-corrected chi connectivity index (χ4v) is 2.14. The molecule has 0 fully saturated rings. The van der Waals surface area contributed by atoms with Crippen LogP contribution in [0.25, 0.3) is 0 Å². The van der Waals surface area contributed by atoms with E-state index in [0.717, 1.165) is 11.4 Å². The lowest BCUT2D eigenvalue weighted by atomic mass is 10.2. The van der Waals surface area contributed by atoms with E-state index in [0.29, 0.717) is 23.8 Å². The molecule has 2 N–H and O–H groups in total. The van der Waals surface area contributed by atoms with Crippen LogP contribution < -0.4 is 15.4 Å². The van der Waals surface area contributed by atoms with E-state index in [2.05, 4.69) is 25.8 Å². The lowest BCUT2D eigenvalue weighted by Gasteiger charge is -2.11. The number of benzene rings is 1. The summed E-state index contributed by atoms with van der Waals surface area (Å²) in [7, 11) is 0. The predicted octanol–water partition coefficient (Wildman–Crippen LogP) is 3.27. The Balaban J connectivity index is 1.68. The molecule has 0 unspecified atom stereocenters. The fraction of sp³-hybridized carbons (Fsp3) is 0.111. The summed E-state index contributed by atoms with van der Waals surface area (Å²) in [6.45, 7) is 2.50. The quantitative estimate of drug-likeness (QED) is 0.719. The highest BCUT2D eigenvalue weighted by Gasteiger charge is 2.08. The molecule has 7 heteroatoms. The molecule has 7 nitrogen and oxygen atoms in total. The van der Waals surface area contributed by atoms with Crippen LogP contribution in [0.3, 0.4) is 0 Å². The third kappa shape index (κ3) is 4.29. The molecule has 0 aliphatic rings. The lowest BCUT2D eigenvalue weighted by molar-refractivity contribution is 0.102. The Hall–Kier alpha value is -3.48. The number of carbonyl (C=O) groups excluding carboxylic acids is 1. The lowest BCUT2D eigenvalue weighted by Crippen LogP contribution is -2.13. The van der Waals surface area contributed by atoms with Gasteiger partial charge in [-0.15, -0.1) is 10.2 Å². The van der Waals surface area contributed by atoms with Crippen LogP contribution in [0.2, 0.25) is 0 Å². The first kappa shape index (κ1) is 16.4. The molecule has 0 saturated heterocycles. The number of ether oxygens (including phenoxy) is 1. The van der Waals surface area contributed by atoms with Gasteiger partial charge in [-0.1, -0.05) is 12.1 Å². The molecule has 0 atom stereocenters. The maximum absolute atomic E-state index is 12.1. The number of nitrogens with zero attached hydrogens (tertiary/aromatic N) is 3. The molecular weight excluding hydrogens is 318 g/mol. The zero-order valence-corrected chi connectivity index (χ0v) is 13.6. The minimum absolute atomic E-state index is 0.287. The fourth-order valence-electron chi connectivity index (χ4n) is 2.14. The summed E-state index contributed by atoms with van der Waals surface area (Å²) < 4.78 is 5.56. The SMILES string of the molecule is CCOc1ccccc1Nc1ccc(NC(=O)c2cccnc2)nn1. The molecule has 25 heavy (non-hydrogen) atoms. The Bertz CT molecular complexity index is 838. The Morgan fingerprint density at radius 2 is 1.84 bits per heavy atom. The summed E-state index contributed by atoms with van der Waals surface area (Å²) in [4.78, 5) is 16.0. The summed E-state index contributed by atoms with van der Waals surface area (Å²) in [5.74, 6) is 1.36. The van der Waals surface area contributed by atoms with Gasteiger partial charge < -0.3 is 15.4 Å². The second-order valence-corrected chi connectivity index (χ2v) is 5.05. The molecule has 0 aliphatic carbocycles. The average molecular weight is 335 g/mol. The molecule has 1 aromatic carbocycles. The molecule has 2 aromatic heterocycles. The first-order valence-corrected chi connectivity index (χ1v) is 7.80. The number of amides is 1. The Labute approximate surface area is 145 Å². The molecule has 0 spiro atoms. The molecule has 3 aromatic rings. The van der Waals surface area contributed by atoms with Gasteiger partial charge in [0.2, 0.25) is 0 Å². The molecule has 0 aliphatic heterocycles. The first-order chi connectivity index (χ1) is 12.3. The number of hydrogen-bond donors (Lipinski definition) is 2. The van der Waals surface area contributed by atoms with Gasteiger partial charge in [0, 0.05) is 12.4 Å². The number of carbonyl (C=O) groups is 1. The van der Waals surface area contributed by atoms with Gasteiger partial charge in [-0.05, 0) is 43.3 Å². The molecule has 0 saturated carbocycles. The molecule has 0 radical (unpaired) electrons. The number of pyridine rings is 1. The van der Waals surface area contributed by atoms with Crippen molar-refractivity contribution >= 4 is 23.2 Å². The van der Waals surface area contributed by atoms with Crippen LogP contribution in [-0.4, -0.2) is 27.7 Å². The highest BCUT2D eigenvalue weighted by molar-refractivity contribution is 6.03. The molecule has 1 amide bonds. The second-order valence-electron chi connectivity index (χ2n) is 5.05. The third-order valence-electron chi connectivity index (χ3n) is 3.28. The number of aromatic nitrogens is 3. The normalized spacial score (nSPS) is 10.1. The third-order valence-corrected chi connectivity index (χ3v) is 3.28. The molecule has 126 valence electrons. The van der Waals surface area contributed by atoms with E-state index in [4.69, 9.17) is 4.74 Å². The standard InChI is InChI=1S/C18H17N5O2/c1-2-25-15-8-4-3-7-14(15)20-16-9-10-17(23-22-16)21-18(24)13-6-5-11-19-12-13/h3-12H,2H2,1H3,(H,20,22)(H,21,23,24). The monoisotopic (exact) mass is 335 g/mol. The van der Waals surface area contributed by atoms with E-state index < -0.39 is 0 Å². The Kier molecular flexibility index (Phi) is 5.16. The Morgan fingerprint density at radius 1 is 1.04 bits per heavy atom. The van der Waals surface area contributed by atoms with E-state index in [9.17, 15) is 4.79 Å². The number of anilines is 3. The zero-order chi connectivity index (χ0) is 17.5. The summed E-state index contributed by atoms with van der Waals surface area (Å²) in [6.07, 6.45) is 3.10. The van der Waals surface area contributed by atoms with Crippen molar-refractivity contribution in [3.05, 3.63) is 66.5 Å². The average Bonchev–Trinajstić information content (AvgIpc) is 2.66. The van der Waals surface area contributed by atoms with E-state index in [1.807, 2.05) is 31.2 Å². The molecule has 0 bridgehead atoms. The van der Waals surface area contributed by atoms with Crippen LogP contribution in [0.15, 0.2) is 60.9 Å². The van der Waals surface area contributed by atoms with Crippen molar-refractivity contribution in [2.24, 2.45) is 0 Å². The summed E-state index contributed by atoms with van der Waals surface area (Å²) in [5, 5.41) is 13.9. The number of rotatable bonds is 6. The van der Waals surface area contributed by atoms with E-state index in [-0.39, 0.29) is 5.91 Å². The van der Waals surface area contributed by atoms with Gasteiger partial charge in [0.05, 0.1) is 17.9 Å². The van der Waals surface area contributed by atoms with Crippen LogP contribution in [0, 0.1) is 0 Å². The largest absolute Gasteiger partial charge is 0.492 e.